The van der Waals surface area contributed by atoms with Crippen LogP contribution in [0.5, 0.6) is 0 Å². The van der Waals surface area contributed by atoms with Crippen LogP contribution < -0.4 is 5.32 Å². The fourth-order valence-electron chi connectivity index (χ4n) is 3.22. The molecule has 7 nitrogen and oxygen atoms in total. The monoisotopic (exact) mass is 342 g/mol. The maximum atomic E-state index is 13.0. The number of carbonyl (C=O) groups excluding carboxylic acids is 1. The molecular weight excluding hydrogens is 316 g/mol. The van der Waals surface area contributed by atoms with Gasteiger partial charge in [0, 0.05) is 37.2 Å². The molecule has 1 fully saturated rings. The van der Waals surface area contributed by atoms with Gasteiger partial charge in [-0.05, 0) is 38.8 Å². The minimum absolute atomic E-state index is 0.00743. The molecule has 7 heteroatoms. The molecule has 1 amide bonds. The van der Waals surface area contributed by atoms with E-state index in [9.17, 15) is 4.79 Å². The summed E-state index contributed by atoms with van der Waals surface area (Å²) in [5, 5.41) is 7.93. The molecule has 0 aliphatic carbocycles. The fraction of sp³-hybridized carbons (Fsp3) is 0.556. The van der Waals surface area contributed by atoms with Crippen LogP contribution in [0.3, 0.4) is 0 Å². The van der Waals surface area contributed by atoms with E-state index in [1.54, 1.807) is 10.9 Å². The molecule has 1 aliphatic heterocycles. The maximum Gasteiger partial charge on any atom is 0.257 e. The van der Waals surface area contributed by atoms with Crippen molar-refractivity contribution in [2.75, 3.05) is 20.1 Å². The lowest BCUT2D eigenvalue weighted by Gasteiger charge is -2.23. The third-order valence-corrected chi connectivity index (χ3v) is 4.60. The van der Waals surface area contributed by atoms with Gasteiger partial charge < -0.3 is 10.2 Å². The number of hydrogen-bond donors (Lipinski definition) is 1. The highest BCUT2D eigenvalue weighted by Crippen LogP contribution is 2.22. The first-order valence-corrected chi connectivity index (χ1v) is 8.77. The van der Waals surface area contributed by atoms with Gasteiger partial charge in [-0.15, -0.1) is 0 Å². The van der Waals surface area contributed by atoms with Crippen LogP contribution >= 0.6 is 0 Å². The molecule has 0 aromatic carbocycles. The van der Waals surface area contributed by atoms with E-state index in [-0.39, 0.29) is 17.9 Å². The Morgan fingerprint density at radius 3 is 2.56 bits per heavy atom. The molecule has 2 aromatic rings. The smallest absolute Gasteiger partial charge is 0.257 e. The summed E-state index contributed by atoms with van der Waals surface area (Å²) in [5.74, 6) is 0.651. The van der Waals surface area contributed by atoms with Crippen molar-refractivity contribution in [1.29, 1.82) is 0 Å². The molecule has 134 valence electrons. The highest BCUT2D eigenvalue weighted by atomic mass is 16.2. The zero-order valence-corrected chi connectivity index (χ0v) is 15.6. The average Bonchev–Trinajstić information content (AvgIpc) is 3.22. The second-order valence-electron chi connectivity index (χ2n) is 7.04. The van der Waals surface area contributed by atoms with Crippen molar-refractivity contribution in [3.05, 3.63) is 34.9 Å². The van der Waals surface area contributed by atoms with Crippen LogP contribution in [0.25, 0.3) is 5.95 Å². The number of likely N-dealkylation sites (N-methyl/N-ethyl adjacent to an activating group) is 1. The number of nitrogens with zero attached hydrogens (tertiary/aromatic N) is 5. The average molecular weight is 342 g/mol. The Morgan fingerprint density at radius 1 is 1.32 bits per heavy atom. The molecule has 1 aliphatic rings. The van der Waals surface area contributed by atoms with Gasteiger partial charge in [-0.3, -0.25) is 4.79 Å². The zero-order chi connectivity index (χ0) is 18.1. The van der Waals surface area contributed by atoms with E-state index in [0.717, 1.165) is 36.6 Å². The molecular formula is C18H26N6O. The Kier molecular flexibility index (Phi) is 4.85. The van der Waals surface area contributed by atoms with Crippen molar-refractivity contribution in [3.63, 3.8) is 0 Å². The van der Waals surface area contributed by atoms with E-state index in [2.05, 4.69) is 20.4 Å². The van der Waals surface area contributed by atoms with Crippen LogP contribution in [-0.4, -0.2) is 56.7 Å². The third-order valence-electron chi connectivity index (χ3n) is 4.60. The van der Waals surface area contributed by atoms with Gasteiger partial charge >= 0.3 is 0 Å². The van der Waals surface area contributed by atoms with Crippen LogP contribution in [0.2, 0.25) is 0 Å². The third kappa shape index (κ3) is 3.56. The molecule has 0 spiro atoms. The molecule has 3 rings (SSSR count). The Hall–Kier alpha value is -2.28. The van der Waals surface area contributed by atoms with Gasteiger partial charge in [-0.2, -0.15) is 5.10 Å². The lowest BCUT2D eigenvalue weighted by molar-refractivity contribution is 0.0742. The highest BCUT2D eigenvalue weighted by molar-refractivity contribution is 5.95. The van der Waals surface area contributed by atoms with E-state index in [1.807, 2.05) is 45.7 Å². The summed E-state index contributed by atoms with van der Waals surface area (Å²) >= 11 is 0. The van der Waals surface area contributed by atoms with Crippen molar-refractivity contribution in [3.8, 4) is 5.95 Å². The molecule has 1 saturated heterocycles. The van der Waals surface area contributed by atoms with Crippen LogP contribution in [0.4, 0.5) is 0 Å². The summed E-state index contributed by atoms with van der Waals surface area (Å²) in [7, 11) is 1.87. The van der Waals surface area contributed by atoms with E-state index >= 15 is 0 Å². The van der Waals surface area contributed by atoms with E-state index in [0.29, 0.717) is 11.5 Å². The summed E-state index contributed by atoms with van der Waals surface area (Å²) in [5.41, 5.74) is 3.18. The summed E-state index contributed by atoms with van der Waals surface area (Å²) < 4.78 is 1.63. The molecule has 1 N–H and O–H groups in total. The van der Waals surface area contributed by atoms with Gasteiger partial charge in [0.2, 0.25) is 0 Å². The Bertz CT molecular complexity index is 756. The molecule has 2 aromatic heterocycles. The number of hydrogen-bond acceptors (Lipinski definition) is 5. The highest BCUT2D eigenvalue weighted by Gasteiger charge is 2.28. The largest absolute Gasteiger partial charge is 0.337 e. The van der Waals surface area contributed by atoms with Crippen molar-refractivity contribution in [2.24, 2.45) is 0 Å². The Labute approximate surface area is 148 Å². The first-order valence-electron chi connectivity index (χ1n) is 8.77. The second kappa shape index (κ2) is 6.92. The normalized spacial score (nSPS) is 17.3. The summed E-state index contributed by atoms with van der Waals surface area (Å²) in [6, 6.07) is 2.15. The first-order chi connectivity index (χ1) is 11.9. The lowest BCUT2D eigenvalue weighted by Crippen LogP contribution is -2.38. The number of carbonyl (C=O) groups is 1. The minimum Gasteiger partial charge on any atom is -0.337 e. The standard InChI is InChI=1S/C18H26N6O/c1-11(2)16-15(17(25)23(5)14-6-7-19-9-14)10-24(22-16)18-20-12(3)8-13(4)21-18/h8,10-11,14,19H,6-7,9H2,1-5H3/t14-/m0/s1. The fourth-order valence-corrected chi connectivity index (χ4v) is 3.22. The molecule has 1 atom stereocenters. The van der Waals surface area contributed by atoms with Gasteiger partial charge in [-0.25, -0.2) is 14.6 Å². The Balaban J connectivity index is 1.98. The quantitative estimate of drug-likeness (QED) is 0.917. The topological polar surface area (TPSA) is 75.9 Å². The van der Waals surface area contributed by atoms with Crippen LogP contribution in [0.1, 0.15) is 53.6 Å². The predicted octanol–water partition coefficient (Wildman–Crippen LogP) is 1.84. The van der Waals surface area contributed by atoms with Gasteiger partial charge in [0.25, 0.3) is 11.9 Å². The van der Waals surface area contributed by atoms with Gasteiger partial charge in [-0.1, -0.05) is 13.8 Å². The van der Waals surface area contributed by atoms with Crippen molar-refractivity contribution in [1.82, 2.24) is 30.0 Å². The molecule has 0 radical (unpaired) electrons. The molecule has 25 heavy (non-hydrogen) atoms. The van der Waals surface area contributed by atoms with E-state index in [1.165, 1.54) is 0 Å². The number of aryl methyl sites for hydroxylation is 2. The molecule has 3 heterocycles. The van der Waals surface area contributed by atoms with Crippen molar-refractivity contribution < 1.29 is 4.79 Å². The van der Waals surface area contributed by atoms with Gasteiger partial charge in [0.1, 0.15) is 0 Å². The SMILES string of the molecule is Cc1cc(C)nc(-n2cc(C(=O)N(C)[C@H]3CCNC3)c(C(C)C)n2)n1. The molecule has 0 bridgehead atoms. The van der Waals surface area contributed by atoms with Crippen LogP contribution in [-0.2, 0) is 0 Å². The molecule has 0 unspecified atom stereocenters. The van der Waals surface area contributed by atoms with Gasteiger partial charge in [0.15, 0.2) is 0 Å². The lowest BCUT2D eigenvalue weighted by atomic mass is 10.0. The zero-order valence-electron chi connectivity index (χ0n) is 15.6. The Morgan fingerprint density at radius 2 is 2.00 bits per heavy atom. The number of amides is 1. The van der Waals surface area contributed by atoms with Crippen molar-refractivity contribution >= 4 is 5.91 Å². The predicted molar refractivity (Wildman–Crippen MR) is 96.1 cm³/mol. The minimum atomic E-state index is 0.00743. The van der Waals surface area contributed by atoms with Crippen LogP contribution in [0, 0.1) is 13.8 Å². The number of nitrogens with one attached hydrogen (secondary N) is 1. The number of aromatic nitrogens is 4. The number of rotatable bonds is 4. The summed E-state index contributed by atoms with van der Waals surface area (Å²) in [4.78, 5) is 23.8. The van der Waals surface area contributed by atoms with Crippen molar-refractivity contribution in [2.45, 2.75) is 46.1 Å². The summed E-state index contributed by atoms with van der Waals surface area (Å²) in [6.45, 7) is 9.74. The van der Waals surface area contributed by atoms with E-state index in [4.69, 9.17) is 0 Å². The summed E-state index contributed by atoms with van der Waals surface area (Å²) in [6.07, 6.45) is 2.75. The van der Waals surface area contributed by atoms with Gasteiger partial charge in [0.05, 0.1) is 11.3 Å². The molecule has 0 saturated carbocycles. The maximum absolute atomic E-state index is 13.0. The van der Waals surface area contributed by atoms with Crippen LogP contribution in [0.15, 0.2) is 12.3 Å². The van der Waals surface area contributed by atoms with E-state index < -0.39 is 0 Å². The second-order valence-corrected chi connectivity index (χ2v) is 7.04. The first kappa shape index (κ1) is 17.5.